The lowest BCUT2D eigenvalue weighted by Crippen LogP contribution is -2.47. The molecule has 2 fully saturated rings. The van der Waals surface area contributed by atoms with Crippen LogP contribution in [-0.2, 0) is 19.1 Å². The van der Waals surface area contributed by atoms with E-state index in [1.807, 2.05) is 0 Å². The summed E-state index contributed by atoms with van der Waals surface area (Å²) in [4.78, 5) is 25.9. The third kappa shape index (κ3) is 3.49. The third-order valence-electron chi connectivity index (χ3n) is 4.00. The molecule has 20 heavy (non-hydrogen) atoms. The lowest BCUT2D eigenvalue weighted by Gasteiger charge is -2.33. The highest BCUT2D eigenvalue weighted by molar-refractivity contribution is 5.82. The molecule has 3 atom stereocenters. The fourth-order valence-electron chi connectivity index (χ4n) is 2.89. The van der Waals surface area contributed by atoms with Crippen molar-refractivity contribution in [2.45, 2.75) is 44.8 Å². The normalized spacial score (nSPS) is 30.3. The van der Waals surface area contributed by atoms with E-state index < -0.39 is 0 Å². The second kappa shape index (κ2) is 7.04. The van der Waals surface area contributed by atoms with E-state index in [4.69, 9.17) is 15.2 Å². The Morgan fingerprint density at radius 1 is 1.35 bits per heavy atom. The van der Waals surface area contributed by atoms with Crippen LogP contribution in [0.2, 0.25) is 0 Å². The molecule has 0 aliphatic carbocycles. The van der Waals surface area contributed by atoms with Crippen molar-refractivity contribution in [3.05, 3.63) is 0 Å². The topological polar surface area (TPSA) is 81.9 Å². The van der Waals surface area contributed by atoms with Gasteiger partial charge in [-0.2, -0.15) is 0 Å². The number of likely N-dealkylation sites (tertiary alicyclic amines) is 1. The van der Waals surface area contributed by atoms with Crippen LogP contribution < -0.4 is 5.73 Å². The van der Waals surface area contributed by atoms with Crippen LogP contribution in [0.5, 0.6) is 0 Å². The molecular formula is C14H24N2O4. The highest BCUT2D eigenvalue weighted by Crippen LogP contribution is 2.24. The molecule has 6 nitrogen and oxygen atoms in total. The van der Waals surface area contributed by atoms with Crippen molar-refractivity contribution >= 4 is 11.9 Å². The van der Waals surface area contributed by atoms with Crippen LogP contribution in [-0.4, -0.2) is 55.2 Å². The zero-order chi connectivity index (χ0) is 14.5. The van der Waals surface area contributed by atoms with Crippen LogP contribution in [0, 0.1) is 5.92 Å². The number of hydrogen-bond acceptors (Lipinski definition) is 5. The first-order valence-electron chi connectivity index (χ1n) is 7.46. The van der Waals surface area contributed by atoms with Crippen LogP contribution in [0.4, 0.5) is 0 Å². The molecule has 0 spiro atoms. The van der Waals surface area contributed by atoms with E-state index in [9.17, 15) is 9.59 Å². The molecule has 1 amide bonds. The summed E-state index contributed by atoms with van der Waals surface area (Å²) in [5.74, 6) is -0.397. The predicted molar refractivity (Wildman–Crippen MR) is 72.9 cm³/mol. The zero-order valence-corrected chi connectivity index (χ0v) is 12.0. The lowest BCUT2D eigenvalue weighted by atomic mass is 9.97. The molecule has 2 N–H and O–H groups in total. The van der Waals surface area contributed by atoms with Gasteiger partial charge in [-0.15, -0.1) is 0 Å². The molecule has 2 aliphatic heterocycles. The molecule has 0 radical (unpaired) electrons. The summed E-state index contributed by atoms with van der Waals surface area (Å²) < 4.78 is 10.7. The van der Waals surface area contributed by atoms with Crippen molar-refractivity contribution in [3.8, 4) is 0 Å². The summed E-state index contributed by atoms with van der Waals surface area (Å²) in [6.45, 7) is 3.78. The molecule has 0 aromatic carbocycles. The smallest absolute Gasteiger partial charge is 0.310 e. The minimum absolute atomic E-state index is 0.00468. The van der Waals surface area contributed by atoms with E-state index in [0.29, 0.717) is 26.2 Å². The van der Waals surface area contributed by atoms with E-state index in [0.717, 1.165) is 25.7 Å². The monoisotopic (exact) mass is 284 g/mol. The SMILES string of the molecule is CCOC(=O)C1CCCN(C(=O)C2CCC(CN)O2)C1. The largest absolute Gasteiger partial charge is 0.466 e. The molecule has 0 aromatic heterocycles. The van der Waals surface area contributed by atoms with Gasteiger partial charge in [-0.25, -0.2) is 0 Å². The van der Waals surface area contributed by atoms with E-state index in [2.05, 4.69) is 0 Å². The number of nitrogens with two attached hydrogens (primary N) is 1. The van der Waals surface area contributed by atoms with E-state index >= 15 is 0 Å². The number of piperidine rings is 1. The molecule has 0 bridgehead atoms. The Bertz CT molecular complexity index is 361. The van der Waals surface area contributed by atoms with Crippen LogP contribution in [0.1, 0.15) is 32.6 Å². The fraction of sp³-hybridized carbons (Fsp3) is 0.857. The number of hydrogen-bond donors (Lipinski definition) is 1. The maximum atomic E-state index is 12.4. The number of carbonyl (C=O) groups is 2. The maximum absolute atomic E-state index is 12.4. The Morgan fingerprint density at radius 3 is 2.80 bits per heavy atom. The third-order valence-corrected chi connectivity index (χ3v) is 4.00. The molecule has 2 rings (SSSR count). The minimum atomic E-state index is -0.385. The van der Waals surface area contributed by atoms with Gasteiger partial charge in [0.15, 0.2) is 0 Å². The molecule has 3 unspecified atom stereocenters. The average Bonchev–Trinajstić information content (AvgIpc) is 2.96. The highest BCUT2D eigenvalue weighted by Gasteiger charge is 2.36. The molecule has 0 aromatic rings. The van der Waals surface area contributed by atoms with E-state index in [1.165, 1.54) is 0 Å². The Hall–Kier alpha value is -1.14. The summed E-state index contributed by atoms with van der Waals surface area (Å²) in [7, 11) is 0. The zero-order valence-electron chi connectivity index (χ0n) is 12.0. The molecule has 2 saturated heterocycles. The Kier molecular flexibility index (Phi) is 5.37. The van der Waals surface area contributed by atoms with Crippen molar-refractivity contribution in [3.63, 3.8) is 0 Å². The van der Waals surface area contributed by atoms with Crippen LogP contribution in [0.15, 0.2) is 0 Å². The number of rotatable bonds is 4. The summed E-state index contributed by atoms with van der Waals surface area (Å²) >= 11 is 0. The molecule has 0 saturated carbocycles. The number of carbonyl (C=O) groups excluding carboxylic acids is 2. The molecule has 2 aliphatic rings. The summed E-state index contributed by atoms with van der Waals surface area (Å²) in [6, 6.07) is 0. The predicted octanol–water partition coefficient (Wildman–Crippen LogP) is 0.294. The standard InChI is InChI=1S/C14H24N2O4/c1-2-19-14(18)10-4-3-7-16(9-10)13(17)12-6-5-11(8-15)20-12/h10-12H,2-9,15H2,1H3. The van der Waals surface area contributed by atoms with Gasteiger partial charge in [0.25, 0.3) is 5.91 Å². The second-order valence-electron chi connectivity index (χ2n) is 5.44. The average molecular weight is 284 g/mol. The lowest BCUT2D eigenvalue weighted by molar-refractivity contribution is -0.153. The number of nitrogens with zero attached hydrogens (tertiary/aromatic N) is 1. The fourth-order valence-corrected chi connectivity index (χ4v) is 2.89. The van der Waals surface area contributed by atoms with Gasteiger partial charge in [0, 0.05) is 19.6 Å². The van der Waals surface area contributed by atoms with Gasteiger partial charge in [-0.05, 0) is 32.6 Å². The molecule has 6 heteroatoms. The Morgan fingerprint density at radius 2 is 2.15 bits per heavy atom. The van der Waals surface area contributed by atoms with Gasteiger partial charge in [0.05, 0.1) is 18.6 Å². The van der Waals surface area contributed by atoms with Crippen LogP contribution in [0.25, 0.3) is 0 Å². The Labute approximate surface area is 119 Å². The van der Waals surface area contributed by atoms with Crippen molar-refractivity contribution in [2.24, 2.45) is 11.7 Å². The summed E-state index contributed by atoms with van der Waals surface area (Å²) in [5.41, 5.74) is 5.56. The molecule has 2 heterocycles. The van der Waals surface area contributed by atoms with Crippen LogP contribution >= 0.6 is 0 Å². The van der Waals surface area contributed by atoms with E-state index in [1.54, 1.807) is 11.8 Å². The molecule has 114 valence electrons. The quantitative estimate of drug-likeness (QED) is 0.751. The van der Waals surface area contributed by atoms with Gasteiger partial charge in [-0.3, -0.25) is 9.59 Å². The summed E-state index contributed by atoms with van der Waals surface area (Å²) in [5, 5.41) is 0. The van der Waals surface area contributed by atoms with Gasteiger partial charge in [0.2, 0.25) is 0 Å². The van der Waals surface area contributed by atoms with E-state index in [-0.39, 0.29) is 30.0 Å². The first kappa shape index (κ1) is 15.3. The first-order valence-corrected chi connectivity index (χ1v) is 7.46. The number of amides is 1. The van der Waals surface area contributed by atoms with Crippen molar-refractivity contribution < 1.29 is 19.1 Å². The van der Waals surface area contributed by atoms with Gasteiger partial charge < -0.3 is 20.1 Å². The van der Waals surface area contributed by atoms with Crippen molar-refractivity contribution in [1.29, 1.82) is 0 Å². The minimum Gasteiger partial charge on any atom is -0.466 e. The van der Waals surface area contributed by atoms with Gasteiger partial charge in [0.1, 0.15) is 6.10 Å². The first-order chi connectivity index (χ1) is 9.65. The summed E-state index contributed by atoms with van der Waals surface area (Å²) in [6.07, 6.45) is 2.80. The maximum Gasteiger partial charge on any atom is 0.310 e. The van der Waals surface area contributed by atoms with Gasteiger partial charge in [-0.1, -0.05) is 0 Å². The number of ether oxygens (including phenoxy) is 2. The highest BCUT2D eigenvalue weighted by atomic mass is 16.5. The Balaban J connectivity index is 1.88. The number of esters is 1. The van der Waals surface area contributed by atoms with Crippen LogP contribution in [0.3, 0.4) is 0 Å². The molecular weight excluding hydrogens is 260 g/mol. The van der Waals surface area contributed by atoms with Crippen molar-refractivity contribution in [2.75, 3.05) is 26.2 Å². The van der Waals surface area contributed by atoms with Crippen molar-refractivity contribution in [1.82, 2.24) is 4.90 Å². The second-order valence-corrected chi connectivity index (χ2v) is 5.44. The van der Waals surface area contributed by atoms with Gasteiger partial charge >= 0.3 is 5.97 Å².